The van der Waals surface area contributed by atoms with Gasteiger partial charge in [0.1, 0.15) is 23.5 Å². The van der Waals surface area contributed by atoms with Gasteiger partial charge in [0.05, 0.1) is 0 Å². The summed E-state index contributed by atoms with van der Waals surface area (Å²) in [5, 5.41) is 6.13. The minimum absolute atomic E-state index is 0.0103. The zero-order valence-corrected chi connectivity index (χ0v) is 13.0. The van der Waals surface area contributed by atoms with Gasteiger partial charge in [0.15, 0.2) is 0 Å². The molecular weight excluding hydrogens is 268 g/mol. The monoisotopic (exact) mass is 292 g/mol. The van der Waals surface area contributed by atoms with Gasteiger partial charge in [-0.1, -0.05) is 13.8 Å². The van der Waals surface area contributed by atoms with E-state index >= 15 is 0 Å². The summed E-state index contributed by atoms with van der Waals surface area (Å²) in [6.07, 6.45) is 2.15. The SMILES string of the molecule is Cc1c(NN)nc(C(C)C)nc1NC(C)C(=O)NC1CC1. The van der Waals surface area contributed by atoms with Crippen molar-refractivity contribution in [2.45, 2.75) is 58.5 Å². The third-order valence-corrected chi connectivity index (χ3v) is 3.49. The number of hydrogen-bond donors (Lipinski definition) is 4. The highest BCUT2D eigenvalue weighted by atomic mass is 16.2. The zero-order valence-electron chi connectivity index (χ0n) is 13.0. The van der Waals surface area contributed by atoms with Crippen molar-refractivity contribution >= 4 is 17.5 Å². The quantitative estimate of drug-likeness (QED) is 0.465. The fourth-order valence-corrected chi connectivity index (χ4v) is 1.90. The maximum atomic E-state index is 12.0. The summed E-state index contributed by atoms with van der Waals surface area (Å²) in [4.78, 5) is 20.9. The van der Waals surface area contributed by atoms with E-state index in [2.05, 4.69) is 26.0 Å². The summed E-state index contributed by atoms with van der Waals surface area (Å²) in [6.45, 7) is 7.72. The minimum atomic E-state index is -0.357. The van der Waals surface area contributed by atoms with Crippen molar-refractivity contribution in [3.63, 3.8) is 0 Å². The molecule has 0 saturated heterocycles. The smallest absolute Gasteiger partial charge is 0.242 e. The van der Waals surface area contributed by atoms with Gasteiger partial charge in [0.25, 0.3) is 0 Å². The number of amides is 1. The first kappa shape index (κ1) is 15.5. The summed E-state index contributed by atoms with van der Waals surface area (Å²) in [5.74, 6) is 7.57. The Labute approximate surface area is 125 Å². The Kier molecular flexibility index (Phi) is 4.62. The van der Waals surface area contributed by atoms with Crippen molar-refractivity contribution in [1.29, 1.82) is 0 Å². The van der Waals surface area contributed by atoms with Crippen LogP contribution in [0.4, 0.5) is 11.6 Å². The number of rotatable bonds is 6. The predicted molar refractivity (Wildman–Crippen MR) is 82.9 cm³/mol. The third kappa shape index (κ3) is 3.81. The van der Waals surface area contributed by atoms with E-state index in [9.17, 15) is 4.79 Å². The number of hydrogen-bond acceptors (Lipinski definition) is 6. The summed E-state index contributed by atoms with van der Waals surface area (Å²) in [7, 11) is 0. The van der Waals surface area contributed by atoms with Crippen molar-refractivity contribution in [2.75, 3.05) is 10.7 Å². The first-order valence-corrected chi connectivity index (χ1v) is 7.34. The molecule has 1 saturated carbocycles. The average Bonchev–Trinajstić information content (AvgIpc) is 3.24. The predicted octanol–water partition coefficient (Wildman–Crippen LogP) is 1.27. The van der Waals surface area contributed by atoms with Crippen molar-refractivity contribution in [2.24, 2.45) is 5.84 Å². The number of anilines is 2. The number of nitrogens with two attached hydrogens (primary N) is 1. The molecule has 7 nitrogen and oxygen atoms in total. The van der Waals surface area contributed by atoms with E-state index < -0.39 is 0 Å². The molecule has 1 aromatic heterocycles. The van der Waals surface area contributed by atoms with Gasteiger partial charge in [-0.05, 0) is 26.7 Å². The summed E-state index contributed by atoms with van der Waals surface area (Å²) in [6, 6.07) is -0.00872. The van der Waals surface area contributed by atoms with Crippen LogP contribution in [-0.2, 0) is 4.79 Å². The average molecular weight is 292 g/mol. The molecular formula is C14H24N6O. The van der Waals surface area contributed by atoms with E-state index in [1.807, 2.05) is 27.7 Å². The van der Waals surface area contributed by atoms with Crippen LogP contribution in [0.5, 0.6) is 0 Å². The fraction of sp³-hybridized carbons (Fsp3) is 0.643. The molecule has 21 heavy (non-hydrogen) atoms. The molecule has 0 aliphatic heterocycles. The molecule has 0 bridgehead atoms. The maximum absolute atomic E-state index is 12.0. The van der Waals surface area contributed by atoms with Gasteiger partial charge in [0, 0.05) is 17.5 Å². The highest BCUT2D eigenvalue weighted by Crippen LogP contribution is 2.23. The molecule has 0 spiro atoms. The molecule has 1 heterocycles. The van der Waals surface area contributed by atoms with Crippen LogP contribution in [0.25, 0.3) is 0 Å². The van der Waals surface area contributed by atoms with E-state index in [1.54, 1.807) is 0 Å². The van der Waals surface area contributed by atoms with Crippen LogP contribution in [0.1, 0.15) is 50.9 Å². The Hall–Kier alpha value is -1.89. The second-order valence-electron chi connectivity index (χ2n) is 5.85. The van der Waals surface area contributed by atoms with Crippen LogP contribution in [0.3, 0.4) is 0 Å². The highest BCUT2D eigenvalue weighted by Gasteiger charge is 2.26. The number of carbonyl (C=O) groups is 1. The largest absolute Gasteiger partial charge is 0.358 e. The van der Waals surface area contributed by atoms with E-state index in [0.717, 1.165) is 18.4 Å². The second kappa shape index (κ2) is 6.26. The molecule has 1 aliphatic carbocycles. The number of hydrazine groups is 1. The van der Waals surface area contributed by atoms with Gasteiger partial charge in [0.2, 0.25) is 5.91 Å². The van der Waals surface area contributed by atoms with Crippen molar-refractivity contribution < 1.29 is 4.79 Å². The number of aromatic nitrogens is 2. The maximum Gasteiger partial charge on any atom is 0.242 e. The van der Waals surface area contributed by atoms with E-state index in [-0.39, 0.29) is 17.9 Å². The van der Waals surface area contributed by atoms with Gasteiger partial charge in [-0.3, -0.25) is 4.79 Å². The molecule has 1 aromatic rings. The van der Waals surface area contributed by atoms with Crippen LogP contribution in [-0.4, -0.2) is 28.0 Å². The lowest BCUT2D eigenvalue weighted by Gasteiger charge is -2.18. The van der Waals surface area contributed by atoms with Crippen LogP contribution < -0.4 is 21.9 Å². The summed E-state index contributed by atoms with van der Waals surface area (Å²) in [5.41, 5.74) is 3.38. The van der Waals surface area contributed by atoms with E-state index in [0.29, 0.717) is 23.5 Å². The number of nitrogen functional groups attached to an aromatic ring is 1. The van der Waals surface area contributed by atoms with E-state index in [4.69, 9.17) is 5.84 Å². The Morgan fingerprint density at radius 2 is 1.86 bits per heavy atom. The molecule has 1 amide bonds. The molecule has 1 fully saturated rings. The minimum Gasteiger partial charge on any atom is -0.358 e. The zero-order chi connectivity index (χ0) is 15.6. The van der Waals surface area contributed by atoms with Gasteiger partial charge >= 0.3 is 0 Å². The molecule has 1 unspecified atom stereocenters. The lowest BCUT2D eigenvalue weighted by molar-refractivity contribution is -0.121. The highest BCUT2D eigenvalue weighted by molar-refractivity contribution is 5.84. The molecule has 2 rings (SSSR count). The molecule has 5 N–H and O–H groups in total. The van der Waals surface area contributed by atoms with E-state index in [1.165, 1.54) is 0 Å². The first-order chi connectivity index (χ1) is 9.92. The number of nitrogens with one attached hydrogen (secondary N) is 3. The Bertz CT molecular complexity index is 526. The Balaban J connectivity index is 2.16. The van der Waals surface area contributed by atoms with Gasteiger partial charge < -0.3 is 16.1 Å². The van der Waals surface area contributed by atoms with Crippen molar-refractivity contribution in [1.82, 2.24) is 15.3 Å². The molecule has 1 aliphatic rings. The topological polar surface area (TPSA) is 105 Å². The van der Waals surface area contributed by atoms with Crippen LogP contribution >= 0.6 is 0 Å². The molecule has 0 radical (unpaired) electrons. The Morgan fingerprint density at radius 3 is 2.38 bits per heavy atom. The molecule has 116 valence electrons. The second-order valence-corrected chi connectivity index (χ2v) is 5.85. The fourth-order valence-electron chi connectivity index (χ4n) is 1.90. The lowest BCUT2D eigenvalue weighted by Crippen LogP contribution is -2.39. The molecule has 1 atom stereocenters. The van der Waals surface area contributed by atoms with Crippen molar-refractivity contribution in [3.8, 4) is 0 Å². The lowest BCUT2D eigenvalue weighted by atomic mass is 10.2. The molecule has 7 heteroatoms. The van der Waals surface area contributed by atoms with Crippen LogP contribution in [0.15, 0.2) is 0 Å². The van der Waals surface area contributed by atoms with Crippen LogP contribution in [0, 0.1) is 6.92 Å². The van der Waals surface area contributed by atoms with Crippen LogP contribution in [0.2, 0.25) is 0 Å². The Morgan fingerprint density at radius 1 is 1.24 bits per heavy atom. The third-order valence-electron chi connectivity index (χ3n) is 3.49. The van der Waals surface area contributed by atoms with Gasteiger partial charge in [-0.15, -0.1) is 0 Å². The number of carbonyl (C=O) groups excluding carboxylic acids is 1. The standard InChI is InChI=1S/C14H24N6O/c1-7(2)11-18-12(8(3)13(19-11)20-15)16-9(4)14(21)17-10-5-6-10/h7,9-10H,5-6,15H2,1-4H3,(H,17,21)(H2,16,18,19,20). The summed E-state index contributed by atoms with van der Waals surface area (Å²) >= 11 is 0. The first-order valence-electron chi connectivity index (χ1n) is 7.34. The van der Waals surface area contributed by atoms with Gasteiger partial charge in [-0.25, -0.2) is 15.8 Å². The molecule has 0 aromatic carbocycles. The normalized spacial score (nSPS) is 15.7. The van der Waals surface area contributed by atoms with Crippen molar-refractivity contribution in [3.05, 3.63) is 11.4 Å². The number of nitrogens with zero attached hydrogens (tertiary/aromatic N) is 2. The summed E-state index contributed by atoms with van der Waals surface area (Å²) < 4.78 is 0. The van der Waals surface area contributed by atoms with Gasteiger partial charge in [-0.2, -0.15) is 0 Å².